The highest BCUT2D eigenvalue weighted by atomic mass is 14.9. The van der Waals surface area contributed by atoms with Gasteiger partial charge in [0.05, 0.1) is 0 Å². The predicted molar refractivity (Wildman–Crippen MR) is 58.8 cm³/mol. The molecule has 0 amide bonds. The Kier molecular flexibility index (Phi) is 3.98. The van der Waals surface area contributed by atoms with Gasteiger partial charge >= 0.3 is 0 Å². The van der Waals surface area contributed by atoms with Crippen LogP contribution in [0.1, 0.15) is 39.5 Å². The fraction of sp³-hybridized carbons (Fsp3) is 0.833. The lowest BCUT2D eigenvalue weighted by atomic mass is 9.92. The molecule has 1 nitrogen and oxygen atoms in total. The highest BCUT2D eigenvalue weighted by Gasteiger charge is 2.29. The van der Waals surface area contributed by atoms with Crippen molar-refractivity contribution in [2.45, 2.75) is 45.6 Å². The lowest BCUT2D eigenvalue weighted by molar-refractivity contribution is 0.400. The van der Waals surface area contributed by atoms with Gasteiger partial charge in [-0.1, -0.05) is 31.9 Å². The summed E-state index contributed by atoms with van der Waals surface area (Å²) in [5, 5.41) is 3.39. The number of nitrogens with one attached hydrogen (secondary N) is 1. The van der Waals surface area contributed by atoms with E-state index in [1.165, 1.54) is 31.3 Å². The van der Waals surface area contributed by atoms with Crippen LogP contribution in [0.3, 0.4) is 0 Å². The maximum Gasteiger partial charge on any atom is 0.0299 e. The number of hydrogen-bond acceptors (Lipinski definition) is 1. The summed E-state index contributed by atoms with van der Waals surface area (Å²) < 4.78 is 0. The van der Waals surface area contributed by atoms with Gasteiger partial charge in [0, 0.05) is 6.04 Å². The first-order valence-electron chi connectivity index (χ1n) is 5.51. The molecule has 1 N–H and O–H groups in total. The van der Waals surface area contributed by atoms with E-state index in [1.807, 2.05) is 0 Å². The van der Waals surface area contributed by atoms with Crippen molar-refractivity contribution in [3.05, 3.63) is 12.2 Å². The van der Waals surface area contributed by atoms with Gasteiger partial charge in [0.2, 0.25) is 0 Å². The highest BCUT2D eigenvalue weighted by molar-refractivity contribution is 5.05. The van der Waals surface area contributed by atoms with Crippen LogP contribution in [0.2, 0.25) is 0 Å². The molecule has 3 atom stereocenters. The van der Waals surface area contributed by atoms with Crippen LogP contribution in [0, 0.1) is 11.8 Å². The van der Waals surface area contributed by atoms with Crippen LogP contribution in [-0.2, 0) is 0 Å². The van der Waals surface area contributed by atoms with Crippen LogP contribution in [0.15, 0.2) is 12.2 Å². The first-order valence-corrected chi connectivity index (χ1v) is 5.51. The van der Waals surface area contributed by atoms with Gasteiger partial charge < -0.3 is 5.32 Å². The third-order valence-electron chi connectivity index (χ3n) is 3.47. The van der Waals surface area contributed by atoms with E-state index in [0.717, 1.165) is 11.8 Å². The third kappa shape index (κ3) is 2.57. The lowest BCUT2D eigenvalue weighted by Crippen LogP contribution is -2.33. The Morgan fingerprint density at radius 3 is 2.62 bits per heavy atom. The van der Waals surface area contributed by atoms with E-state index in [2.05, 4.69) is 32.8 Å². The second-order valence-corrected chi connectivity index (χ2v) is 4.46. The molecule has 0 spiro atoms. The van der Waals surface area contributed by atoms with Crippen molar-refractivity contribution in [1.29, 1.82) is 0 Å². The summed E-state index contributed by atoms with van der Waals surface area (Å²) in [5.41, 5.74) is 1.30. The van der Waals surface area contributed by atoms with Gasteiger partial charge in [0.15, 0.2) is 0 Å². The molecule has 0 bridgehead atoms. The smallest absolute Gasteiger partial charge is 0.0299 e. The van der Waals surface area contributed by atoms with Crippen LogP contribution in [0.25, 0.3) is 0 Å². The maximum absolute atomic E-state index is 4.06. The Balaban J connectivity index is 2.48. The molecule has 0 radical (unpaired) electrons. The summed E-state index contributed by atoms with van der Waals surface area (Å²) in [6.45, 7) is 8.51. The largest absolute Gasteiger partial charge is 0.313 e. The van der Waals surface area contributed by atoms with Gasteiger partial charge in [-0.2, -0.15) is 0 Å². The molecule has 1 aliphatic rings. The lowest BCUT2D eigenvalue weighted by Gasteiger charge is -2.23. The first kappa shape index (κ1) is 10.8. The zero-order valence-electron chi connectivity index (χ0n) is 9.27. The molecule has 0 aromatic heterocycles. The van der Waals surface area contributed by atoms with Crippen LogP contribution in [0.5, 0.6) is 0 Å². The van der Waals surface area contributed by atoms with Crippen molar-refractivity contribution in [2.75, 3.05) is 7.05 Å². The normalized spacial score (nSPS) is 30.4. The summed E-state index contributed by atoms with van der Waals surface area (Å²) >= 11 is 0. The van der Waals surface area contributed by atoms with Crippen molar-refractivity contribution in [1.82, 2.24) is 5.32 Å². The predicted octanol–water partition coefficient (Wildman–Crippen LogP) is 2.98. The van der Waals surface area contributed by atoms with Gasteiger partial charge in [-0.3, -0.25) is 0 Å². The Labute approximate surface area is 82.6 Å². The van der Waals surface area contributed by atoms with Crippen LogP contribution in [-0.4, -0.2) is 13.1 Å². The van der Waals surface area contributed by atoms with Crippen LogP contribution < -0.4 is 5.32 Å². The van der Waals surface area contributed by atoms with E-state index in [1.54, 1.807) is 0 Å². The standard InChI is InChI=1S/C12H23N/c1-5-10-6-7-11(8-10)12(13-4)9(2)3/h10-13H,2,5-8H2,1,3-4H3. The number of hydrogen-bond donors (Lipinski definition) is 1. The van der Waals surface area contributed by atoms with Crippen LogP contribution >= 0.6 is 0 Å². The van der Waals surface area contributed by atoms with E-state index in [-0.39, 0.29) is 0 Å². The van der Waals surface area contributed by atoms with E-state index in [4.69, 9.17) is 0 Å². The summed E-state index contributed by atoms with van der Waals surface area (Å²) in [6, 6.07) is 0.552. The van der Waals surface area contributed by atoms with E-state index < -0.39 is 0 Å². The topological polar surface area (TPSA) is 12.0 Å². The summed E-state index contributed by atoms with van der Waals surface area (Å²) in [6.07, 6.45) is 5.56. The Morgan fingerprint density at radius 1 is 1.54 bits per heavy atom. The molecule has 0 aromatic rings. The summed E-state index contributed by atoms with van der Waals surface area (Å²) in [4.78, 5) is 0. The Bertz CT molecular complexity index is 174. The molecule has 1 saturated carbocycles. The summed E-state index contributed by atoms with van der Waals surface area (Å²) in [5.74, 6) is 1.81. The molecular formula is C12H23N. The summed E-state index contributed by atoms with van der Waals surface area (Å²) in [7, 11) is 2.05. The molecule has 0 heterocycles. The molecule has 1 rings (SSSR count). The second kappa shape index (κ2) is 4.80. The molecule has 1 fully saturated rings. The molecule has 1 aliphatic carbocycles. The molecule has 3 unspecified atom stereocenters. The molecule has 0 aromatic carbocycles. The van der Waals surface area contributed by atoms with Crippen LogP contribution in [0.4, 0.5) is 0 Å². The SMILES string of the molecule is C=C(C)C(NC)C1CCC(CC)C1. The van der Waals surface area contributed by atoms with Gasteiger partial charge in [-0.25, -0.2) is 0 Å². The van der Waals surface area contributed by atoms with E-state index in [9.17, 15) is 0 Å². The monoisotopic (exact) mass is 181 g/mol. The third-order valence-corrected chi connectivity index (χ3v) is 3.47. The average molecular weight is 181 g/mol. The fourth-order valence-corrected chi connectivity index (χ4v) is 2.67. The molecule has 76 valence electrons. The number of rotatable bonds is 4. The average Bonchev–Trinajstić information content (AvgIpc) is 2.53. The van der Waals surface area contributed by atoms with Crippen molar-refractivity contribution in [3.8, 4) is 0 Å². The minimum absolute atomic E-state index is 0.552. The Morgan fingerprint density at radius 2 is 2.23 bits per heavy atom. The zero-order chi connectivity index (χ0) is 9.84. The Hall–Kier alpha value is -0.300. The van der Waals surface area contributed by atoms with E-state index in [0.29, 0.717) is 6.04 Å². The minimum atomic E-state index is 0.552. The van der Waals surface area contributed by atoms with Gasteiger partial charge in [-0.05, 0) is 38.6 Å². The molecule has 0 saturated heterocycles. The molecule has 13 heavy (non-hydrogen) atoms. The van der Waals surface area contributed by atoms with Crippen molar-refractivity contribution < 1.29 is 0 Å². The van der Waals surface area contributed by atoms with E-state index >= 15 is 0 Å². The first-order chi connectivity index (χ1) is 6.19. The van der Waals surface area contributed by atoms with Gasteiger partial charge in [0.1, 0.15) is 0 Å². The van der Waals surface area contributed by atoms with Crippen molar-refractivity contribution in [3.63, 3.8) is 0 Å². The highest BCUT2D eigenvalue weighted by Crippen LogP contribution is 2.36. The van der Waals surface area contributed by atoms with Gasteiger partial charge in [0.25, 0.3) is 0 Å². The molecule has 0 aliphatic heterocycles. The minimum Gasteiger partial charge on any atom is -0.313 e. The number of likely N-dealkylation sites (N-methyl/N-ethyl adjacent to an activating group) is 1. The van der Waals surface area contributed by atoms with Crippen molar-refractivity contribution >= 4 is 0 Å². The zero-order valence-corrected chi connectivity index (χ0v) is 9.27. The molecule has 1 heteroatoms. The fourth-order valence-electron chi connectivity index (χ4n) is 2.67. The molecular weight excluding hydrogens is 158 g/mol. The maximum atomic E-state index is 4.06. The quantitative estimate of drug-likeness (QED) is 0.657. The van der Waals surface area contributed by atoms with Crippen molar-refractivity contribution in [2.24, 2.45) is 11.8 Å². The second-order valence-electron chi connectivity index (χ2n) is 4.46. The van der Waals surface area contributed by atoms with Gasteiger partial charge in [-0.15, -0.1) is 0 Å².